The van der Waals surface area contributed by atoms with E-state index >= 15 is 0 Å². The van der Waals surface area contributed by atoms with Gasteiger partial charge in [0.1, 0.15) is 5.75 Å². The van der Waals surface area contributed by atoms with Crippen LogP contribution in [0, 0.1) is 5.92 Å². The summed E-state index contributed by atoms with van der Waals surface area (Å²) in [4.78, 5) is 0. The summed E-state index contributed by atoms with van der Waals surface area (Å²) >= 11 is 3.45. The number of hydrogen-bond acceptors (Lipinski definition) is 2. The van der Waals surface area contributed by atoms with Gasteiger partial charge in [-0.1, -0.05) is 15.9 Å². The molecular formula is C11H15BrClNO. The van der Waals surface area contributed by atoms with Crippen molar-refractivity contribution < 1.29 is 4.74 Å². The van der Waals surface area contributed by atoms with Crippen LogP contribution in [-0.4, -0.2) is 7.11 Å². The lowest BCUT2D eigenvalue weighted by molar-refractivity contribution is 0.403. The number of ether oxygens (including phenoxy) is 1. The van der Waals surface area contributed by atoms with Gasteiger partial charge in [-0.3, -0.25) is 0 Å². The SMILES string of the molecule is COc1ccc(Br)cc1[C@@H](N)C1CC1.Cl. The summed E-state index contributed by atoms with van der Waals surface area (Å²) in [5.41, 5.74) is 7.26. The first-order valence-corrected chi connectivity index (χ1v) is 5.60. The fourth-order valence-corrected chi connectivity index (χ4v) is 2.05. The Kier molecular flexibility index (Phi) is 4.44. The molecule has 1 aromatic rings. The molecule has 2 N–H and O–H groups in total. The molecule has 0 heterocycles. The van der Waals surface area contributed by atoms with Crippen molar-refractivity contribution >= 4 is 28.3 Å². The molecule has 1 aromatic carbocycles. The molecule has 84 valence electrons. The number of hydrogen-bond donors (Lipinski definition) is 1. The monoisotopic (exact) mass is 291 g/mol. The highest BCUT2D eigenvalue weighted by Crippen LogP contribution is 2.42. The topological polar surface area (TPSA) is 35.2 Å². The first-order valence-electron chi connectivity index (χ1n) is 4.81. The molecule has 1 aliphatic rings. The van der Waals surface area contributed by atoms with Crippen molar-refractivity contribution in [2.75, 3.05) is 7.11 Å². The Morgan fingerprint density at radius 1 is 1.47 bits per heavy atom. The molecule has 0 bridgehead atoms. The van der Waals surface area contributed by atoms with Crippen molar-refractivity contribution in [3.63, 3.8) is 0 Å². The van der Waals surface area contributed by atoms with Gasteiger partial charge in [0.05, 0.1) is 7.11 Å². The van der Waals surface area contributed by atoms with E-state index in [1.165, 1.54) is 12.8 Å². The third-order valence-corrected chi connectivity index (χ3v) is 3.17. The number of methoxy groups -OCH3 is 1. The molecule has 1 aliphatic carbocycles. The average Bonchev–Trinajstić information content (AvgIpc) is 3.00. The molecule has 0 aliphatic heterocycles. The summed E-state index contributed by atoms with van der Waals surface area (Å²) in [6.45, 7) is 0. The van der Waals surface area contributed by atoms with Crippen LogP contribution in [0.5, 0.6) is 5.75 Å². The molecule has 1 fully saturated rings. The van der Waals surface area contributed by atoms with Gasteiger partial charge in [0, 0.05) is 16.1 Å². The second-order valence-electron chi connectivity index (χ2n) is 3.75. The van der Waals surface area contributed by atoms with E-state index in [0.717, 1.165) is 15.8 Å². The van der Waals surface area contributed by atoms with Crippen molar-refractivity contribution in [2.45, 2.75) is 18.9 Å². The van der Waals surface area contributed by atoms with Crippen molar-refractivity contribution in [1.29, 1.82) is 0 Å². The first-order chi connectivity index (χ1) is 6.72. The largest absolute Gasteiger partial charge is 0.496 e. The van der Waals surface area contributed by atoms with Crippen LogP contribution in [0.25, 0.3) is 0 Å². The van der Waals surface area contributed by atoms with E-state index in [9.17, 15) is 0 Å². The fourth-order valence-electron chi connectivity index (χ4n) is 1.67. The smallest absolute Gasteiger partial charge is 0.123 e. The molecular weight excluding hydrogens is 277 g/mol. The van der Waals surface area contributed by atoms with Gasteiger partial charge < -0.3 is 10.5 Å². The van der Waals surface area contributed by atoms with Crippen molar-refractivity contribution in [3.8, 4) is 5.75 Å². The summed E-state index contributed by atoms with van der Waals surface area (Å²) in [5.74, 6) is 1.55. The van der Waals surface area contributed by atoms with Gasteiger partial charge in [-0.25, -0.2) is 0 Å². The molecule has 1 atom stereocenters. The van der Waals surface area contributed by atoms with Gasteiger partial charge >= 0.3 is 0 Å². The van der Waals surface area contributed by atoms with Gasteiger partial charge in [-0.05, 0) is 37.0 Å². The third-order valence-electron chi connectivity index (χ3n) is 2.68. The minimum Gasteiger partial charge on any atom is -0.496 e. The zero-order valence-corrected chi connectivity index (χ0v) is 11.0. The Hall–Kier alpha value is -0.250. The molecule has 4 heteroatoms. The molecule has 2 nitrogen and oxygen atoms in total. The molecule has 15 heavy (non-hydrogen) atoms. The second kappa shape index (κ2) is 5.19. The van der Waals surface area contributed by atoms with Crippen LogP contribution in [0.3, 0.4) is 0 Å². The van der Waals surface area contributed by atoms with Gasteiger partial charge in [-0.2, -0.15) is 0 Å². The molecule has 1 saturated carbocycles. The van der Waals surface area contributed by atoms with Gasteiger partial charge in [-0.15, -0.1) is 12.4 Å². The second-order valence-corrected chi connectivity index (χ2v) is 4.67. The van der Waals surface area contributed by atoms with Gasteiger partial charge in [0.25, 0.3) is 0 Å². The predicted molar refractivity (Wildman–Crippen MR) is 67.6 cm³/mol. The highest BCUT2D eigenvalue weighted by atomic mass is 79.9. The Morgan fingerprint density at radius 2 is 2.13 bits per heavy atom. The first kappa shape index (κ1) is 12.8. The number of halogens is 2. The fraction of sp³-hybridized carbons (Fsp3) is 0.455. The molecule has 0 amide bonds. The quantitative estimate of drug-likeness (QED) is 0.928. The van der Waals surface area contributed by atoms with E-state index in [1.807, 2.05) is 12.1 Å². The summed E-state index contributed by atoms with van der Waals surface area (Å²) in [7, 11) is 1.69. The Balaban J connectivity index is 0.00000112. The van der Waals surface area contributed by atoms with E-state index in [-0.39, 0.29) is 18.4 Å². The van der Waals surface area contributed by atoms with E-state index < -0.39 is 0 Å². The molecule has 0 radical (unpaired) electrons. The molecule has 2 rings (SSSR count). The molecule has 0 saturated heterocycles. The minimum atomic E-state index is 0. The minimum absolute atomic E-state index is 0. The number of rotatable bonds is 3. The molecule has 0 aromatic heterocycles. The van der Waals surface area contributed by atoms with Crippen LogP contribution >= 0.6 is 28.3 Å². The van der Waals surface area contributed by atoms with E-state index in [4.69, 9.17) is 10.5 Å². The van der Waals surface area contributed by atoms with E-state index in [1.54, 1.807) is 7.11 Å². The van der Waals surface area contributed by atoms with Gasteiger partial charge in [0.2, 0.25) is 0 Å². The molecule has 0 unspecified atom stereocenters. The lowest BCUT2D eigenvalue weighted by atomic mass is 10.0. The van der Waals surface area contributed by atoms with Crippen LogP contribution in [0.15, 0.2) is 22.7 Å². The maximum absolute atomic E-state index is 6.14. The molecule has 0 spiro atoms. The Labute approximate surface area is 105 Å². The van der Waals surface area contributed by atoms with Crippen LogP contribution < -0.4 is 10.5 Å². The standard InChI is InChI=1S/C11H14BrNO.ClH/c1-14-10-5-4-8(12)6-9(10)11(13)7-2-3-7;/h4-7,11H,2-3,13H2,1H3;1H/t11-;/m0./s1. The summed E-state index contributed by atoms with van der Waals surface area (Å²) in [5, 5.41) is 0. The average molecular weight is 293 g/mol. The van der Waals surface area contributed by atoms with E-state index in [2.05, 4.69) is 22.0 Å². The lowest BCUT2D eigenvalue weighted by Crippen LogP contribution is -2.13. The lowest BCUT2D eigenvalue weighted by Gasteiger charge is -2.15. The normalized spacial score (nSPS) is 16.7. The van der Waals surface area contributed by atoms with Crippen molar-refractivity contribution in [1.82, 2.24) is 0 Å². The predicted octanol–water partition coefficient (Wildman–Crippen LogP) is 3.29. The summed E-state index contributed by atoms with van der Waals surface area (Å²) in [6, 6.07) is 6.12. The third kappa shape index (κ3) is 2.86. The van der Waals surface area contributed by atoms with Crippen LogP contribution in [0.1, 0.15) is 24.4 Å². The number of nitrogens with two attached hydrogens (primary N) is 1. The van der Waals surface area contributed by atoms with Crippen molar-refractivity contribution in [3.05, 3.63) is 28.2 Å². The Bertz CT molecular complexity index is 341. The van der Waals surface area contributed by atoms with Crippen LogP contribution in [-0.2, 0) is 0 Å². The number of benzene rings is 1. The zero-order chi connectivity index (χ0) is 10.1. The zero-order valence-electron chi connectivity index (χ0n) is 8.57. The van der Waals surface area contributed by atoms with Crippen LogP contribution in [0.2, 0.25) is 0 Å². The van der Waals surface area contributed by atoms with Gasteiger partial charge in [0.15, 0.2) is 0 Å². The maximum atomic E-state index is 6.14. The van der Waals surface area contributed by atoms with Crippen LogP contribution in [0.4, 0.5) is 0 Å². The maximum Gasteiger partial charge on any atom is 0.123 e. The summed E-state index contributed by atoms with van der Waals surface area (Å²) < 4.78 is 6.36. The van der Waals surface area contributed by atoms with Crippen molar-refractivity contribution in [2.24, 2.45) is 11.7 Å². The van der Waals surface area contributed by atoms with E-state index in [0.29, 0.717) is 5.92 Å². The highest BCUT2D eigenvalue weighted by molar-refractivity contribution is 9.10. The summed E-state index contributed by atoms with van der Waals surface area (Å²) in [6.07, 6.45) is 2.49. The Morgan fingerprint density at radius 3 is 2.67 bits per heavy atom. The highest BCUT2D eigenvalue weighted by Gasteiger charge is 2.31.